The lowest BCUT2D eigenvalue weighted by Crippen LogP contribution is -2.39. The molecule has 0 fully saturated rings. The molecular formula is C30H26N6O3. The van der Waals surface area contributed by atoms with E-state index < -0.39 is 12.0 Å². The van der Waals surface area contributed by atoms with Gasteiger partial charge in [0.1, 0.15) is 18.4 Å². The Kier molecular flexibility index (Phi) is 6.93. The average Bonchev–Trinajstić information content (AvgIpc) is 3.21. The number of hydrogen-bond donors (Lipinski definition) is 3. The molecule has 5 rings (SSSR count). The van der Waals surface area contributed by atoms with Crippen molar-refractivity contribution in [2.24, 2.45) is 0 Å². The van der Waals surface area contributed by atoms with Gasteiger partial charge in [0.15, 0.2) is 5.69 Å². The second-order valence-corrected chi connectivity index (χ2v) is 9.47. The quantitative estimate of drug-likeness (QED) is 0.297. The van der Waals surface area contributed by atoms with E-state index in [1.165, 1.54) is 6.20 Å². The zero-order valence-electron chi connectivity index (χ0n) is 21.5. The van der Waals surface area contributed by atoms with Crippen molar-refractivity contribution in [1.29, 1.82) is 5.26 Å². The predicted octanol–water partition coefficient (Wildman–Crippen LogP) is 5.44. The van der Waals surface area contributed by atoms with Gasteiger partial charge in [-0.1, -0.05) is 48.5 Å². The van der Waals surface area contributed by atoms with E-state index >= 15 is 0 Å². The van der Waals surface area contributed by atoms with Crippen LogP contribution in [0.15, 0.2) is 72.9 Å². The third kappa shape index (κ3) is 5.40. The molecule has 9 nitrogen and oxygen atoms in total. The number of fused-ring (bicyclic) bond motifs is 3. The van der Waals surface area contributed by atoms with Crippen molar-refractivity contribution in [1.82, 2.24) is 14.9 Å². The summed E-state index contributed by atoms with van der Waals surface area (Å²) in [6.07, 6.45) is 0.179. The number of nitrogens with zero attached hydrogens (tertiary/aromatic N) is 4. The fourth-order valence-corrected chi connectivity index (χ4v) is 5.02. The number of aryl methyl sites for hydroxylation is 2. The lowest BCUT2D eigenvalue weighted by molar-refractivity contribution is -0.117. The molecule has 9 heteroatoms. The van der Waals surface area contributed by atoms with E-state index in [1.807, 2.05) is 80.6 Å². The number of carbonyl (C=O) groups is 2. The Morgan fingerprint density at radius 1 is 1.03 bits per heavy atom. The van der Waals surface area contributed by atoms with E-state index in [2.05, 4.69) is 20.6 Å². The van der Waals surface area contributed by atoms with E-state index in [0.29, 0.717) is 17.2 Å². The standard InChI is InChI=1S/C30H26N6O3/c1-18-11-19(2)33-28(12-18)35-26-13-20(15-32-27(26)14-31)34-29(37)17-36(30(38)39)16-25-23-9-5-3-7-21(23)22-8-4-6-10-24(22)25/h3-13,15,25H,16-17H2,1-2H3,(H,33,35)(H,34,37)(H,38,39). The van der Waals surface area contributed by atoms with Gasteiger partial charge in [-0.15, -0.1) is 0 Å². The van der Waals surface area contributed by atoms with Gasteiger partial charge >= 0.3 is 6.09 Å². The molecule has 3 N–H and O–H groups in total. The van der Waals surface area contributed by atoms with Gasteiger partial charge in [0.2, 0.25) is 5.91 Å². The topological polar surface area (TPSA) is 131 Å². The Morgan fingerprint density at radius 3 is 2.31 bits per heavy atom. The molecule has 39 heavy (non-hydrogen) atoms. The molecule has 0 saturated carbocycles. The van der Waals surface area contributed by atoms with Gasteiger partial charge in [0.05, 0.1) is 17.6 Å². The second kappa shape index (κ2) is 10.6. The Balaban J connectivity index is 1.33. The number of anilines is 3. The van der Waals surface area contributed by atoms with Crippen LogP contribution in [0.2, 0.25) is 0 Å². The Morgan fingerprint density at radius 2 is 1.69 bits per heavy atom. The highest BCUT2D eigenvalue weighted by atomic mass is 16.4. The van der Waals surface area contributed by atoms with Crippen LogP contribution in [0.5, 0.6) is 0 Å². The van der Waals surface area contributed by atoms with E-state index in [0.717, 1.165) is 38.4 Å². The molecule has 2 heterocycles. The van der Waals surface area contributed by atoms with Crippen LogP contribution < -0.4 is 10.6 Å². The summed E-state index contributed by atoms with van der Waals surface area (Å²) in [5.74, 6) is -0.152. The number of aromatic nitrogens is 2. The molecule has 0 atom stereocenters. The highest BCUT2D eigenvalue weighted by Gasteiger charge is 2.31. The van der Waals surface area contributed by atoms with Gasteiger partial charge in [-0.2, -0.15) is 5.26 Å². The fourth-order valence-electron chi connectivity index (χ4n) is 5.02. The van der Waals surface area contributed by atoms with Gasteiger partial charge in [0, 0.05) is 18.2 Å². The number of benzene rings is 2. The molecule has 0 aliphatic heterocycles. The Hall–Kier alpha value is -5.23. The van der Waals surface area contributed by atoms with Crippen molar-refractivity contribution in [2.45, 2.75) is 19.8 Å². The maximum Gasteiger partial charge on any atom is 0.407 e. The highest BCUT2D eigenvalue weighted by Crippen LogP contribution is 2.44. The van der Waals surface area contributed by atoms with Crippen LogP contribution in [0.3, 0.4) is 0 Å². The van der Waals surface area contributed by atoms with Crippen molar-refractivity contribution in [2.75, 3.05) is 23.7 Å². The molecule has 2 amide bonds. The summed E-state index contributed by atoms with van der Waals surface area (Å²) in [6.45, 7) is 3.58. The van der Waals surface area contributed by atoms with Crippen molar-refractivity contribution < 1.29 is 14.7 Å². The lowest BCUT2D eigenvalue weighted by atomic mass is 9.96. The number of rotatable bonds is 7. The van der Waals surface area contributed by atoms with Crippen LogP contribution in [0.25, 0.3) is 11.1 Å². The monoisotopic (exact) mass is 518 g/mol. The first kappa shape index (κ1) is 25.4. The summed E-state index contributed by atoms with van der Waals surface area (Å²) in [5, 5.41) is 25.3. The molecule has 0 unspecified atom stereocenters. The summed E-state index contributed by atoms with van der Waals surface area (Å²) in [5.41, 5.74) is 6.89. The first-order valence-corrected chi connectivity index (χ1v) is 12.4. The van der Waals surface area contributed by atoms with Crippen LogP contribution in [-0.2, 0) is 4.79 Å². The molecule has 2 aromatic heterocycles. The van der Waals surface area contributed by atoms with E-state index in [-0.39, 0.29) is 24.7 Å². The van der Waals surface area contributed by atoms with Crippen molar-refractivity contribution in [3.05, 3.63) is 101 Å². The molecule has 2 aromatic carbocycles. The SMILES string of the molecule is Cc1cc(C)nc(Nc2cc(NC(=O)CN(CC3c4ccccc4-c4ccccc43)C(=O)O)cnc2C#N)c1. The third-order valence-corrected chi connectivity index (χ3v) is 6.61. The molecular weight excluding hydrogens is 492 g/mol. The summed E-state index contributed by atoms with van der Waals surface area (Å²) in [4.78, 5) is 34.8. The van der Waals surface area contributed by atoms with Gasteiger partial charge in [-0.25, -0.2) is 14.8 Å². The van der Waals surface area contributed by atoms with E-state index in [1.54, 1.807) is 6.07 Å². The molecule has 194 valence electrons. The Bertz CT molecular complexity index is 1560. The molecule has 4 aromatic rings. The number of pyridine rings is 2. The predicted molar refractivity (Wildman–Crippen MR) is 148 cm³/mol. The summed E-state index contributed by atoms with van der Waals surface area (Å²) in [7, 11) is 0. The van der Waals surface area contributed by atoms with Crippen molar-refractivity contribution >= 4 is 29.2 Å². The first-order chi connectivity index (χ1) is 18.8. The molecule has 0 radical (unpaired) electrons. The minimum atomic E-state index is -1.19. The maximum absolute atomic E-state index is 13.0. The minimum absolute atomic E-state index is 0.133. The van der Waals surface area contributed by atoms with Crippen molar-refractivity contribution in [3.63, 3.8) is 0 Å². The number of amides is 2. The van der Waals surface area contributed by atoms with Crippen LogP contribution in [0, 0.1) is 25.2 Å². The number of nitriles is 1. The second-order valence-electron chi connectivity index (χ2n) is 9.47. The van der Waals surface area contributed by atoms with Crippen molar-refractivity contribution in [3.8, 4) is 17.2 Å². The zero-order valence-corrected chi connectivity index (χ0v) is 21.5. The number of carboxylic acid groups (broad SMARTS) is 1. The van der Waals surface area contributed by atoms with Crippen LogP contribution in [-0.4, -0.2) is 45.1 Å². The average molecular weight is 519 g/mol. The van der Waals surface area contributed by atoms with Gasteiger partial charge < -0.3 is 15.7 Å². The first-order valence-electron chi connectivity index (χ1n) is 12.4. The van der Waals surface area contributed by atoms with Gasteiger partial charge in [-0.05, 0) is 59.9 Å². The Labute approximate surface area is 225 Å². The largest absolute Gasteiger partial charge is 0.465 e. The van der Waals surface area contributed by atoms with Crippen LogP contribution >= 0.6 is 0 Å². The van der Waals surface area contributed by atoms with Crippen LogP contribution in [0.4, 0.5) is 22.0 Å². The molecule has 1 aliphatic rings. The van der Waals surface area contributed by atoms with E-state index in [9.17, 15) is 20.0 Å². The van der Waals surface area contributed by atoms with Gasteiger partial charge in [0.25, 0.3) is 0 Å². The van der Waals surface area contributed by atoms with Crippen LogP contribution in [0.1, 0.15) is 34.0 Å². The normalized spacial score (nSPS) is 11.7. The lowest BCUT2D eigenvalue weighted by Gasteiger charge is -2.24. The maximum atomic E-state index is 13.0. The fraction of sp³-hybridized carbons (Fsp3) is 0.167. The number of hydrogen-bond acceptors (Lipinski definition) is 6. The minimum Gasteiger partial charge on any atom is -0.465 e. The zero-order chi connectivity index (χ0) is 27.5. The third-order valence-electron chi connectivity index (χ3n) is 6.61. The molecule has 0 bridgehead atoms. The smallest absolute Gasteiger partial charge is 0.407 e. The summed E-state index contributed by atoms with van der Waals surface area (Å²) in [6, 6.07) is 23.2. The summed E-state index contributed by atoms with van der Waals surface area (Å²) < 4.78 is 0. The number of carbonyl (C=O) groups excluding carboxylic acids is 1. The van der Waals surface area contributed by atoms with Gasteiger partial charge in [-0.3, -0.25) is 9.69 Å². The highest BCUT2D eigenvalue weighted by molar-refractivity contribution is 5.94. The number of nitrogens with one attached hydrogen (secondary N) is 2. The molecule has 0 spiro atoms. The summed E-state index contributed by atoms with van der Waals surface area (Å²) >= 11 is 0. The molecule has 1 aliphatic carbocycles. The van der Waals surface area contributed by atoms with E-state index in [4.69, 9.17) is 0 Å². The molecule has 0 saturated heterocycles.